The van der Waals surface area contributed by atoms with Crippen LogP contribution in [0.5, 0.6) is 0 Å². The largest absolute Gasteiger partial charge is 0.370 e. The molecule has 3 N–H and O–H groups in total. The molecule has 12 heavy (non-hydrogen) atoms. The highest BCUT2D eigenvalue weighted by molar-refractivity contribution is 5.85. The van der Waals surface area contributed by atoms with E-state index in [4.69, 9.17) is 5.73 Å². The van der Waals surface area contributed by atoms with Crippen molar-refractivity contribution < 1.29 is 9.59 Å². The lowest BCUT2D eigenvalue weighted by molar-refractivity contribution is -0.123. The van der Waals surface area contributed by atoms with Crippen LogP contribution < -0.4 is 11.1 Å². The number of hydrogen-bond acceptors (Lipinski definition) is 3. The summed E-state index contributed by atoms with van der Waals surface area (Å²) in [6.45, 7) is 0.870. The summed E-state index contributed by atoms with van der Waals surface area (Å²) in [6.07, 6.45) is 2.39. The van der Waals surface area contributed by atoms with Crippen LogP contribution in [0.25, 0.3) is 0 Å². The van der Waals surface area contributed by atoms with E-state index in [1.165, 1.54) is 0 Å². The number of nitrogens with two attached hydrogens (primary N) is 1. The van der Waals surface area contributed by atoms with E-state index in [0.29, 0.717) is 19.3 Å². The number of hydrogen-bond donors (Lipinski definition) is 2. The van der Waals surface area contributed by atoms with Gasteiger partial charge in [-0.25, -0.2) is 0 Å². The first-order valence-electron chi connectivity index (χ1n) is 4.24. The molecule has 0 aliphatic carbocycles. The van der Waals surface area contributed by atoms with Crippen molar-refractivity contribution in [2.45, 2.75) is 31.7 Å². The summed E-state index contributed by atoms with van der Waals surface area (Å²) in [7, 11) is 0. The van der Waals surface area contributed by atoms with Gasteiger partial charge in [-0.1, -0.05) is 0 Å². The summed E-state index contributed by atoms with van der Waals surface area (Å²) < 4.78 is 0. The van der Waals surface area contributed by atoms with E-state index in [-0.39, 0.29) is 17.7 Å². The maximum absolute atomic E-state index is 11.2. The second-order valence-corrected chi connectivity index (χ2v) is 3.08. The Labute approximate surface area is 71.5 Å². The fraction of sp³-hybridized carbons (Fsp3) is 0.750. The minimum absolute atomic E-state index is 0.133. The van der Waals surface area contributed by atoms with Crippen LogP contribution in [0.3, 0.4) is 0 Å². The Bertz CT molecular complexity index is 191. The number of nitrogens with one attached hydrogen (secondary N) is 1. The number of carbonyl (C=O) groups is 2. The normalized spacial score (nSPS) is 24.0. The average molecular weight is 170 g/mol. The Morgan fingerprint density at radius 2 is 2.42 bits per heavy atom. The second-order valence-electron chi connectivity index (χ2n) is 3.08. The molecule has 0 aromatic rings. The maximum Gasteiger partial charge on any atom is 0.217 e. The summed E-state index contributed by atoms with van der Waals surface area (Å²) in [5.41, 5.74) is 4.98. The smallest absolute Gasteiger partial charge is 0.217 e. The lowest BCUT2D eigenvalue weighted by Crippen LogP contribution is -2.42. The molecule has 1 aliphatic rings. The third kappa shape index (κ3) is 2.62. The van der Waals surface area contributed by atoms with Crippen LogP contribution in [-0.2, 0) is 9.59 Å². The molecule has 0 aromatic carbocycles. The molecule has 0 bridgehead atoms. The number of ketones is 1. The molecule has 1 amide bonds. The summed E-state index contributed by atoms with van der Waals surface area (Å²) in [5.74, 6) is -0.127. The van der Waals surface area contributed by atoms with Crippen molar-refractivity contribution in [3.05, 3.63) is 0 Å². The number of Topliss-reactive ketones (excluding diaryl/α,β-unsaturated/α-hetero) is 1. The van der Waals surface area contributed by atoms with Gasteiger partial charge in [0.25, 0.3) is 0 Å². The van der Waals surface area contributed by atoms with Crippen molar-refractivity contribution in [1.29, 1.82) is 0 Å². The fourth-order valence-corrected chi connectivity index (χ4v) is 1.38. The molecule has 1 heterocycles. The topological polar surface area (TPSA) is 72.2 Å². The van der Waals surface area contributed by atoms with Gasteiger partial charge in [0, 0.05) is 12.8 Å². The summed E-state index contributed by atoms with van der Waals surface area (Å²) >= 11 is 0. The van der Waals surface area contributed by atoms with Crippen LogP contribution in [-0.4, -0.2) is 24.3 Å². The van der Waals surface area contributed by atoms with E-state index >= 15 is 0 Å². The molecule has 0 spiro atoms. The molecule has 1 unspecified atom stereocenters. The Hall–Kier alpha value is -0.900. The van der Waals surface area contributed by atoms with Gasteiger partial charge in [-0.15, -0.1) is 0 Å². The van der Waals surface area contributed by atoms with Crippen LogP contribution in [0.4, 0.5) is 0 Å². The van der Waals surface area contributed by atoms with E-state index in [1.54, 1.807) is 0 Å². The van der Waals surface area contributed by atoms with E-state index in [1.807, 2.05) is 0 Å². The Morgan fingerprint density at radius 1 is 1.67 bits per heavy atom. The molecule has 4 heteroatoms. The Balaban J connectivity index is 2.29. The SMILES string of the molecule is NC(=O)CCC1NCCCC1=O. The molecule has 0 aromatic heterocycles. The van der Waals surface area contributed by atoms with Crippen LogP contribution in [0.15, 0.2) is 0 Å². The summed E-state index contributed by atoms with van der Waals surface area (Å²) in [4.78, 5) is 21.6. The van der Waals surface area contributed by atoms with Crippen LogP contribution in [0.2, 0.25) is 0 Å². The quantitative estimate of drug-likeness (QED) is 0.604. The van der Waals surface area contributed by atoms with Crippen LogP contribution in [0, 0.1) is 0 Å². The summed E-state index contributed by atoms with van der Waals surface area (Å²) in [5, 5.41) is 3.07. The van der Waals surface area contributed by atoms with Gasteiger partial charge in [-0.3, -0.25) is 9.59 Å². The lowest BCUT2D eigenvalue weighted by Gasteiger charge is -2.21. The number of rotatable bonds is 3. The minimum Gasteiger partial charge on any atom is -0.370 e. The van der Waals surface area contributed by atoms with E-state index in [9.17, 15) is 9.59 Å². The zero-order valence-electron chi connectivity index (χ0n) is 7.01. The van der Waals surface area contributed by atoms with Gasteiger partial charge >= 0.3 is 0 Å². The standard InChI is InChI=1S/C8H14N2O2/c9-8(12)4-3-6-7(11)2-1-5-10-6/h6,10H,1-5H2,(H2,9,12). The van der Waals surface area contributed by atoms with Gasteiger partial charge in [-0.2, -0.15) is 0 Å². The fourth-order valence-electron chi connectivity index (χ4n) is 1.38. The highest BCUT2D eigenvalue weighted by atomic mass is 16.1. The first-order chi connectivity index (χ1) is 5.70. The van der Waals surface area contributed by atoms with Crippen molar-refractivity contribution in [2.75, 3.05) is 6.54 Å². The molecule has 0 radical (unpaired) electrons. The third-order valence-electron chi connectivity index (χ3n) is 2.06. The molecule has 0 saturated carbocycles. The van der Waals surface area contributed by atoms with Gasteiger partial charge in [-0.05, 0) is 19.4 Å². The van der Waals surface area contributed by atoms with Crippen LogP contribution in [0.1, 0.15) is 25.7 Å². The van der Waals surface area contributed by atoms with Gasteiger partial charge in [0.05, 0.1) is 6.04 Å². The molecule has 1 fully saturated rings. The molecule has 1 rings (SSSR count). The van der Waals surface area contributed by atoms with Gasteiger partial charge in [0.15, 0.2) is 0 Å². The highest BCUT2D eigenvalue weighted by Gasteiger charge is 2.21. The van der Waals surface area contributed by atoms with Crippen molar-refractivity contribution in [3.8, 4) is 0 Å². The number of piperidine rings is 1. The number of carbonyl (C=O) groups excluding carboxylic acids is 2. The Kier molecular flexibility index (Phi) is 3.22. The van der Waals surface area contributed by atoms with E-state index in [0.717, 1.165) is 13.0 Å². The van der Waals surface area contributed by atoms with Gasteiger partial charge in [0.2, 0.25) is 5.91 Å². The first kappa shape index (κ1) is 9.19. The predicted molar refractivity (Wildman–Crippen MR) is 44.5 cm³/mol. The van der Waals surface area contributed by atoms with Crippen LogP contribution >= 0.6 is 0 Å². The molecule has 1 atom stereocenters. The Morgan fingerprint density at radius 3 is 3.00 bits per heavy atom. The lowest BCUT2D eigenvalue weighted by atomic mass is 9.99. The first-order valence-corrected chi connectivity index (χ1v) is 4.24. The minimum atomic E-state index is -0.338. The third-order valence-corrected chi connectivity index (χ3v) is 2.06. The van der Waals surface area contributed by atoms with Crippen molar-refractivity contribution in [1.82, 2.24) is 5.32 Å². The van der Waals surface area contributed by atoms with Crippen molar-refractivity contribution in [2.24, 2.45) is 5.73 Å². The molecular formula is C8H14N2O2. The molecule has 68 valence electrons. The maximum atomic E-state index is 11.2. The van der Waals surface area contributed by atoms with Crippen molar-refractivity contribution in [3.63, 3.8) is 0 Å². The summed E-state index contributed by atoms with van der Waals surface area (Å²) in [6, 6.07) is -0.133. The zero-order chi connectivity index (χ0) is 8.97. The number of primary amides is 1. The highest BCUT2D eigenvalue weighted by Crippen LogP contribution is 2.07. The molecule has 1 aliphatic heterocycles. The van der Waals surface area contributed by atoms with E-state index < -0.39 is 0 Å². The van der Waals surface area contributed by atoms with E-state index in [2.05, 4.69) is 5.32 Å². The van der Waals surface area contributed by atoms with Gasteiger partial charge < -0.3 is 11.1 Å². The monoisotopic (exact) mass is 170 g/mol. The van der Waals surface area contributed by atoms with Gasteiger partial charge in [0.1, 0.15) is 5.78 Å². The zero-order valence-corrected chi connectivity index (χ0v) is 7.01. The molecular weight excluding hydrogens is 156 g/mol. The second kappa shape index (κ2) is 4.21. The number of amides is 1. The van der Waals surface area contributed by atoms with Crippen molar-refractivity contribution >= 4 is 11.7 Å². The molecule has 1 saturated heterocycles. The average Bonchev–Trinajstić information content (AvgIpc) is 2.03. The predicted octanol–water partition coefficient (Wildman–Crippen LogP) is -0.427. The molecule has 4 nitrogen and oxygen atoms in total.